The van der Waals surface area contributed by atoms with Gasteiger partial charge in [-0.05, 0) is 39.1 Å². The molecule has 0 radical (unpaired) electrons. The molecule has 0 aromatic carbocycles. The summed E-state index contributed by atoms with van der Waals surface area (Å²) < 4.78 is 0. The Balaban J connectivity index is 2.21. The van der Waals surface area contributed by atoms with E-state index in [4.69, 9.17) is 0 Å². The summed E-state index contributed by atoms with van der Waals surface area (Å²) in [6, 6.07) is 0.797. The lowest BCUT2D eigenvalue weighted by molar-refractivity contribution is 0.187. The summed E-state index contributed by atoms with van der Waals surface area (Å²) in [7, 11) is 0. The van der Waals surface area contributed by atoms with Crippen molar-refractivity contribution in [3.63, 3.8) is 0 Å². The first-order chi connectivity index (χ1) is 5.34. The van der Waals surface area contributed by atoms with E-state index >= 15 is 0 Å². The number of thioether (sulfide) groups is 1. The van der Waals surface area contributed by atoms with Crippen LogP contribution in [0.4, 0.5) is 0 Å². The van der Waals surface area contributed by atoms with Crippen LogP contribution >= 0.6 is 11.8 Å². The van der Waals surface area contributed by atoms with E-state index in [0.717, 1.165) is 6.04 Å². The average molecular weight is 173 g/mol. The predicted octanol–water partition coefficient (Wildman–Crippen LogP) is 2.22. The minimum Gasteiger partial charge on any atom is -0.300 e. The molecule has 1 rings (SSSR count). The van der Waals surface area contributed by atoms with Gasteiger partial charge in [0.2, 0.25) is 0 Å². The summed E-state index contributed by atoms with van der Waals surface area (Å²) in [5, 5.41) is 0. The zero-order valence-electron chi connectivity index (χ0n) is 7.68. The van der Waals surface area contributed by atoms with Crippen LogP contribution in [-0.4, -0.2) is 36.0 Å². The molecule has 0 aliphatic carbocycles. The van der Waals surface area contributed by atoms with Crippen LogP contribution in [0.1, 0.15) is 26.2 Å². The second-order valence-corrected chi connectivity index (χ2v) is 4.31. The topological polar surface area (TPSA) is 3.24 Å². The molecule has 1 aliphatic heterocycles. The van der Waals surface area contributed by atoms with E-state index in [0.29, 0.717) is 0 Å². The fraction of sp³-hybridized carbons (Fsp3) is 1.00. The van der Waals surface area contributed by atoms with Crippen molar-refractivity contribution >= 4 is 11.8 Å². The Labute approximate surface area is 74.5 Å². The van der Waals surface area contributed by atoms with Crippen LogP contribution in [-0.2, 0) is 0 Å². The molecule has 1 heterocycles. The van der Waals surface area contributed by atoms with Gasteiger partial charge in [0, 0.05) is 11.8 Å². The van der Waals surface area contributed by atoms with Gasteiger partial charge in [-0.15, -0.1) is 0 Å². The van der Waals surface area contributed by atoms with Gasteiger partial charge in [-0.1, -0.05) is 6.42 Å². The molecule has 1 nitrogen and oxygen atoms in total. The van der Waals surface area contributed by atoms with E-state index in [1.165, 1.54) is 38.1 Å². The fourth-order valence-electron chi connectivity index (χ4n) is 1.71. The molecule has 0 aromatic heterocycles. The Morgan fingerprint density at radius 2 is 1.91 bits per heavy atom. The Morgan fingerprint density at radius 3 is 2.45 bits per heavy atom. The molecule has 1 saturated heterocycles. The smallest absolute Gasteiger partial charge is 0.0157 e. The molecule has 1 atom stereocenters. The number of likely N-dealkylation sites (tertiary alicyclic amines) is 1. The van der Waals surface area contributed by atoms with Gasteiger partial charge in [0.15, 0.2) is 0 Å². The molecule has 1 aliphatic rings. The molecular weight excluding hydrogens is 154 g/mol. The number of nitrogens with zero attached hydrogens (tertiary/aromatic N) is 1. The van der Waals surface area contributed by atoms with E-state index < -0.39 is 0 Å². The van der Waals surface area contributed by atoms with Gasteiger partial charge in [-0.25, -0.2) is 0 Å². The lowest BCUT2D eigenvalue weighted by Gasteiger charge is -2.31. The molecule has 0 bridgehead atoms. The fourth-order valence-corrected chi connectivity index (χ4v) is 2.40. The van der Waals surface area contributed by atoms with Crippen molar-refractivity contribution in [1.29, 1.82) is 0 Å². The van der Waals surface area contributed by atoms with Crippen LogP contribution in [0.2, 0.25) is 0 Å². The van der Waals surface area contributed by atoms with E-state index in [2.05, 4.69) is 18.1 Å². The van der Waals surface area contributed by atoms with Crippen LogP contribution in [0.5, 0.6) is 0 Å². The Hall–Kier alpha value is 0.310. The Kier molecular flexibility index (Phi) is 4.31. The van der Waals surface area contributed by atoms with Crippen LogP contribution in [0.25, 0.3) is 0 Å². The number of hydrogen-bond donors (Lipinski definition) is 0. The zero-order valence-corrected chi connectivity index (χ0v) is 8.49. The molecule has 0 aromatic rings. The van der Waals surface area contributed by atoms with Gasteiger partial charge < -0.3 is 0 Å². The summed E-state index contributed by atoms with van der Waals surface area (Å²) in [6.07, 6.45) is 6.47. The summed E-state index contributed by atoms with van der Waals surface area (Å²) >= 11 is 1.96. The summed E-state index contributed by atoms with van der Waals surface area (Å²) in [6.45, 7) is 5.02. The van der Waals surface area contributed by atoms with E-state index in [1.807, 2.05) is 11.8 Å². The maximum Gasteiger partial charge on any atom is 0.0157 e. The summed E-state index contributed by atoms with van der Waals surface area (Å²) in [5.74, 6) is 1.29. The van der Waals surface area contributed by atoms with E-state index in [1.54, 1.807) is 0 Å². The quantitative estimate of drug-likeness (QED) is 0.644. The van der Waals surface area contributed by atoms with E-state index in [9.17, 15) is 0 Å². The van der Waals surface area contributed by atoms with Crippen LogP contribution < -0.4 is 0 Å². The largest absolute Gasteiger partial charge is 0.300 e. The normalized spacial score (nSPS) is 23.5. The minimum absolute atomic E-state index is 0.797. The first kappa shape index (κ1) is 9.40. The zero-order chi connectivity index (χ0) is 8.10. The van der Waals surface area contributed by atoms with Crippen molar-refractivity contribution in [3.8, 4) is 0 Å². The second-order valence-electron chi connectivity index (χ2n) is 3.40. The molecule has 0 saturated carbocycles. The summed E-state index contributed by atoms with van der Waals surface area (Å²) in [4.78, 5) is 2.62. The highest BCUT2D eigenvalue weighted by Gasteiger charge is 2.15. The number of hydrogen-bond acceptors (Lipinski definition) is 2. The maximum absolute atomic E-state index is 2.62. The Morgan fingerprint density at radius 1 is 1.27 bits per heavy atom. The van der Waals surface area contributed by atoms with Gasteiger partial charge in [-0.3, -0.25) is 4.90 Å². The molecule has 0 spiro atoms. The third kappa shape index (κ3) is 3.04. The van der Waals surface area contributed by atoms with Crippen LogP contribution in [0.3, 0.4) is 0 Å². The van der Waals surface area contributed by atoms with Crippen molar-refractivity contribution in [3.05, 3.63) is 0 Å². The standard InChI is InChI=1S/C9H19NS/c1-9(8-11-2)10-6-4-3-5-7-10/h9H,3-8H2,1-2H3. The lowest BCUT2D eigenvalue weighted by Crippen LogP contribution is -2.38. The molecule has 0 amide bonds. The third-order valence-electron chi connectivity index (χ3n) is 2.42. The monoisotopic (exact) mass is 173 g/mol. The molecule has 0 N–H and O–H groups in total. The molecule has 66 valence electrons. The highest BCUT2D eigenvalue weighted by Crippen LogP contribution is 2.13. The number of piperidine rings is 1. The van der Waals surface area contributed by atoms with Gasteiger partial charge in [0.05, 0.1) is 0 Å². The highest BCUT2D eigenvalue weighted by atomic mass is 32.2. The second kappa shape index (κ2) is 5.04. The van der Waals surface area contributed by atoms with Crippen molar-refractivity contribution < 1.29 is 0 Å². The molecule has 11 heavy (non-hydrogen) atoms. The van der Waals surface area contributed by atoms with Gasteiger partial charge in [0.1, 0.15) is 0 Å². The maximum atomic E-state index is 2.62. The summed E-state index contributed by atoms with van der Waals surface area (Å²) in [5.41, 5.74) is 0. The average Bonchev–Trinajstić information content (AvgIpc) is 2.07. The van der Waals surface area contributed by atoms with E-state index in [-0.39, 0.29) is 0 Å². The SMILES string of the molecule is CSCC(C)N1CCCCC1. The van der Waals surface area contributed by atoms with Crippen molar-refractivity contribution in [1.82, 2.24) is 4.90 Å². The van der Waals surface area contributed by atoms with Gasteiger partial charge >= 0.3 is 0 Å². The predicted molar refractivity (Wildman–Crippen MR) is 53.3 cm³/mol. The van der Waals surface area contributed by atoms with Crippen LogP contribution in [0.15, 0.2) is 0 Å². The molecule has 1 unspecified atom stereocenters. The van der Waals surface area contributed by atoms with Crippen molar-refractivity contribution in [2.45, 2.75) is 32.2 Å². The van der Waals surface area contributed by atoms with Gasteiger partial charge in [0.25, 0.3) is 0 Å². The first-order valence-corrected chi connectivity index (χ1v) is 5.97. The third-order valence-corrected chi connectivity index (χ3v) is 3.24. The Bertz CT molecular complexity index is 99.7. The lowest BCUT2D eigenvalue weighted by atomic mass is 10.1. The van der Waals surface area contributed by atoms with Crippen LogP contribution in [0, 0.1) is 0 Å². The highest BCUT2D eigenvalue weighted by molar-refractivity contribution is 7.98. The molecular formula is C9H19NS. The first-order valence-electron chi connectivity index (χ1n) is 4.57. The molecule has 1 fully saturated rings. The number of rotatable bonds is 3. The minimum atomic E-state index is 0.797. The van der Waals surface area contributed by atoms with Gasteiger partial charge in [-0.2, -0.15) is 11.8 Å². The van der Waals surface area contributed by atoms with Crippen molar-refractivity contribution in [2.24, 2.45) is 0 Å². The van der Waals surface area contributed by atoms with Crippen molar-refractivity contribution in [2.75, 3.05) is 25.1 Å². The molecule has 2 heteroatoms.